The largest absolute Gasteiger partial charge is 0.460 e. The monoisotopic (exact) mass is 362 g/mol. The number of carbonyl (C=O) groups is 1. The minimum atomic E-state index is -0.369. The van der Waals surface area contributed by atoms with Crippen molar-refractivity contribution in [3.63, 3.8) is 0 Å². The molecule has 0 aromatic carbocycles. The molecule has 0 aromatic rings. The van der Waals surface area contributed by atoms with E-state index in [0.717, 1.165) is 12.8 Å². The lowest BCUT2D eigenvalue weighted by Gasteiger charge is -2.36. The van der Waals surface area contributed by atoms with E-state index in [-0.39, 0.29) is 20.4 Å². The number of alkyl halides is 1. The minimum Gasteiger partial charge on any atom is -0.460 e. The SMILES string of the molecule is CC(C)(C)OC(=O)C12C[C@]3(C)CC1(I)C[C@@]3(C)C2. The third-order valence-electron chi connectivity index (χ3n) is 5.83. The first-order valence-corrected chi connectivity index (χ1v) is 7.96. The highest BCUT2D eigenvalue weighted by molar-refractivity contribution is 14.1. The summed E-state index contributed by atoms with van der Waals surface area (Å²) in [5.74, 6) is 0.0642. The van der Waals surface area contributed by atoms with Crippen molar-refractivity contribution in [2.45, 2.75) is 69.3 Å². The van der Waals surface area contributed by atoms with E-state index in [9.17, 15) is 4.79 Å². The number of ether oxygens (including phenoxy) is 1. The number of esters is 1. The van der Waals surface area contributed by atoms with Gasteiger partial charge in [-0.1, -0.05) is 36.4 Å². The van der Waals surface area contributed by atoms with E-state index in [0.29, 0.717) is 10.8 Å². The second-order valence-corrected chi connectivity index (χ2v) is 10.4. The molecule has 0 unspecified atom stereocenters. The highest BCUT2D eigenvalue weighted by Crippen LogP contribution is 2.85. The van der Waals surface area contributed by atoms with Gasteiger partial charge in [-0.3, -0.25) is 4.79 Å². The van der Waals surface area contributed by atoms with Gasteiger partial charge in [-0.15, -0.1) is 0 Å². The number of carbonyl (C=O) groups excluding carboxylic acids is 1. The van der Waals surface area contributed by atoms with Gasteiger partial charge in [0, 0.05) is 3.42 Å². The lowest BCUT2D eigenvalue weighted by Crippen LogP contribution is -2.44. The molecule has 0 saturated heterocycles. The number of rotatable bonds is 1. The van der Waals surface area contributed by atoms with Crippen LogP contribution in [0.3, 0.4) is 0 Å². The first-order valence-electron chi connectivity index (χ1n) is 6.88. The maximum Gasteiger partial charge on any atom is 0.313 e. The van der Waals surface area contributed by atoms with Crippen molar-refractivity contribution in [1.29, 1.82) is 0 Å². The van der Waals surface area contributed by atoms with Crippen molar-refractivity contribution < 1.29 is 9.53 Å². The van der Waals surface area contributed by atoms with E-state index < -0.39 is 0 Å². The van der Waals surface area contributed by atoms with Crippen molar-refractivity contribution in [3.8, 4) is 0 Å². The third kappa shape index (κ3) is 1.32. The second-order valence-electron chi connectivity index (χ2n) is 8.38. The summed E-state index contributed by atoms with van der Waals surface area (Å²) in [6, 6.07) is 0. The first-order chi connectivity index (χ1) is 7.96. The Hall–Kier alpha value is 0.200. The van der Waals surface area contributed by atoms with Crippen molar-refractivity contribution >= 4 is 28.6 Å². The number of halogens is 1. The standard InChI is InChI=1S/C15H23IO2/c1-11(2,3)18-10(17)14-6-12(4)8-15(14,16)9-13(12,5)7-14/h6-9H2,1-5H3/t12-,13-,14?,15?/m1/s1. The maximum absolute atomic E-state index is 12.7. The molecule has 4 saturated carbocycles. The van der Waals surface area contributed by atoms with E-state index in [2.05, 4.69) is 36.4 Å². The zero-order chi connectivity index (χ0) is 13.6. The summed E-state index contributed by atoms with van der Waals surface area (Å²) in [7, 11) is 0. The lowest BCUT2D eigenvalue weighted by molar-refractivity contribution is -0.167. The molecule has 18 heavy (non-hydrogen) atoms. The Balaban J connectivity index is 1.97. The van der Waals surface area contributed by atoms with Crippen LogP contribution in [0.4, 0.5) is 0 Å². The van der Waals surface area contributed by atoms with Crippen LogP contribution in [0.15, 0.2) is 0 Å². The van der Waals surface area contributed by atoms with Gasteiger partial charge in [-0.25, -0.2) is 0 Å². The highest BCUT2D eigenvalue weighted by Gasteiger charge is 2.83. The van der Waals surface area contributed by atoms with E-state index in [1.54, 1.807) is 0 Å². The predicted molar refractivity (Wildman–Crippen MR) is 79.7 cm³/mol. The fourth-order valence-electron chi connectivity index (χ4n) is 5.03. The third-order valence-corrected chi connectivity index (χ3v) is 7.62. The molecule has 4 aliphatic rings. The summed E-state index contributed by atoms with van der Waals surface area (Å²) in [5.41, 5.74) is 0.131. The van der Waals surface area contributed by atoms with Crippen LogP contribution in [0.5, 0.6) is 0 Å². The Morgan fingerprint density at radius 3 is 1.78 bits per heavy atom. The maximum atomic E-state index is 12.7. The topological polar surface area (TPSA) is 26.3 Å². The molecule has 4 fully saturated rings. The van der Waals surface area contributed by atoms with Crippen LogP contribution < -0.4 is 0 Å². The average molecular weight is 362 g/mol. The summed E-state index contributed by atoms with van der Waals surface area (Å²) in [6.45, 7) is 10.7. The molecular weight excluding hydrogens is 339 g/mol. The predicted octanol–water partition coefficient (Wildman–Crippen LogP) is 4.10. The number of hydrogen-bond donors (Lipinski definition) is 0. The van der Waals surface area contributed by atoms with Crippen molar-refractivity contribution in [3.05, 3.63) is 0 Å². The molecule has 0 radical (unpaired) electrons. The zero-order valence-electron chi connectivity index (χ0n) is 12.0. The summed E-state index contributed by atoms with van der Waals surface area (Å²) < 4.78 is 5.90. The van der Waals surface area contributed by atoms with E-state index >= 15 is 0 Å². The Morgan fingerprint density at radius 2 is 1.50 bits per heavy atom. The van der Waals surface area contributed by atoms with Gasteiger partial charge in [0.25, 0.3) is 0 Å². The van der Waals surface area contributed by atoms with Crippen LogP contribution in [0.25, 0.3) is 0 Å². The van der Waals surface area contributed by atoms with Crippen LogP contribution in [-0.4, -0.2) is 15.0 Å². The molecule has 4 bridgehead atoms. The molecule has 2 atom stereocenters. The Labute approximate surface area is 123 Å². The molecular formula is C15H23IO2. The van der Waals surface area contributed by atoms with Crippen LogP contribution in [0, 0.1) is 16.2 Å². The quantitative estimate of drug-likeness (QED) is 0.399. The highest BCUT2D eigenvalue weighted by atomic mass is 127. The molecule has 102 valence electrons. The molecule has 3 heteroatoms. The van der Waals surface area contributed by atoms with Gasteiger partial charge in [0.1, 0.15) is 5.60 Å². The molecule has 0 N–H and O–H groups in total. The normalized spacial score (nSPS) is 53.2. The summed E-state index contributed by atoms with van der Waals surface area (Å²) in [5, 5.41) is 0. The molecule has 0 amide bonds. The minimum absolute atomic E-state index is 0.0642. The van der Waals surface area contributed by atoms with Crippen molar-refractivity contribution in [2.24, 2.45) is 16.2 Å². The first kappa shape index (κ1) is 13.2. The molecule has 0 aromatic heterocycles. The van der Waals surface area contributed by atoms with Crippen LogP contribution in [-0.2, 0) is 9.53 Å². The van der Waals surface area contributed by atoms with E-state index in [1.807, 2.05) is 20.8 Å². The van der Waals surface area contributed by atoms with Crippen LogP contribution >= 0.6 is 22.6 Å². The van der Waals surface area contributed by atoms with Crippen LogP contribution in [0.2, 0.25) is 0 Å². The molecule has 2 nitrogen and oxygen atoms in total. The fraction of sp³-hybridized carbons (Fsp3) is 0.933. The lowest BCUT2D eigenvalue weighted by atomic mass is 9.71. The Kier molecular flexibility index (Phi) is 2.27. The average Bonchev–Trinajstić information content (AvgIpc) is 2.58. The van der Waals surface area contributed by atoms with Gasteiger partial charge >= 0.3 is 5.97 Å². The zero-order valence-corrected chi connectivity index (χ0v) is 14.2. The van der Waals surface area contributed by atoms with Crippen molar-refractivity contribution in [2.75, 3.05) is 0 Å². The van der Waals surface area contributed by atoms with Gasteiger partial charge in [-0.2, -0.15) is 0 Å². The summed E-state index contributed by atoms with van der Waals surface area (Å²) >= 11 is 2.58. The Bertz CT molecular complexity index is 416. The van der Waals surface area contributed by atoms with Gasteiger partial charge in [-0.05, 0) is 57.3 Å². The molecule has 0 spiro atoms. The van der Waals surface area contributed by atoms with Gasteiger partial charge in [0.15, 0.2) is 0 Å². The smallest absolute Gasteiger partial charge is 0.313 e. The van der Waals surface area contributed by atoms with Crippen molar-refractivity contribution in [1.82, 2.24) is 0 Å². The summed E-state index contributed by atoms with van der Waals surface area (Å²) in [6.07, 6.45) is 4.45. The molecule has 4 aliphatic carbocycles. The van der Waals surface area contributed by atoms with E-state index in [1.165, 1.54) is 12.8 Å². The molecule has 0 heterocycles. The Morgan fingerprint density at radius 1 is 1.06 bits per heavy atom. The fourth-order valence-corrected chi connectivity index (χ4v) is 7.32. The second kappa shape index (κ2) is 3.09. The van der Waals surface area contributed by atoms with Gasteiger partial charge in [0.05, 0.1) is 5.41 Å². The molecule has 0 aliphatic heterocycles. The molecule has 4 rings (SSSR count). The summed E-state index contributed by atoms with van der Waals surface area (Å²) in [4.78, 5) is 12.7. The number of hydrogen-bond acceptors (Lipinski definition) is 2. The van der Waals surface area contributed by atoms with Gasteiger partial charge < -0.3 is 4.74 Å². The van der Waals surface area contributed by atoms with Crippen LogP contribution in [0.1, 0.15) is 60.3 Å². The van der Waals surface area contributed by atoms with E-state index in [4.69, 9.17) is 4.74 Å². The van der Waals surface area contributed by atoms with Gasteiger partial charge in [0.2, 0.25) is 0 Å².